The van der Waals surface area contributed by atoms with Gasteiger partial charge in [0.25, 0.3) is 10.2 Å². The zero-order chi connectivity index (χ0) is 14.5. The smallest absolute Gasteiger partial charge is 0.304 e. The van der Waals surface area contributed by atoms with Gasteiger partial charge in [-0.1, -0.05) is 0 Å². The summed E-state index contributed by atoms with van der Waals surface area (Å²) in [5, 5.41) is 8.52. The first-order valence-corrected chi connectivity index (χ1v) is 7.09. The molecule has 0 saturated heterocycles. The lowest BCUT2D eigenvalue weighted by Gasteiger charge is -2.17. The molecule has 0 aliphatic carbocycles. The van der Waals surface area contributed by atoms with Gasteiger partial charge in [0.2, 0.25) is 0 Å². The third kappa shape index (κ3) is 4.93. The van der Waals surface area contributed by atoms with E-state index in [1.165, 1.54) is 7.05 Å². The summed E-state index contributed by atoms with van der Waals surface area (Å²) in [6, 6.07) is 1.79. The highest BCUT2D eigenvalue weighted by molar-refractivity contribution is 7.87. The highest BCUT2D eigenvalue weighted by atomic mass is 32.2. The van der Waals surface area contributed by atoms with Crippen LogP contribution in [-0.2, 0) is 21.5 Å². The Balaban J connectivity index is 2.60. The van der Waals surface area contributed by atoms with Gasteiger partial charge in [0.15, 0.2) is 0 Å². The molecule has 0 aromatic carbocycles. The molecule has 2 N–H and O–H groups in total. The van der Waals surface area contributed by atoms with Crippen molar-refractivity contribution in [2.75, 3.05) is 13.6 Å². The lowest BCUT2D eigenvalue weighted by Crippen LogP contribution is -2.39. The Hall–Kier alpha value is -1.51. The van der Waals surface area contributed by atoms with Crippen molar-refractivity contribution in [2.45, 2.75) is 19.9 Å². The van der Waals surface area contributed by atoms with Gasteiger partial charge in [-0.05, 0) is 24.1 Å². The van der Waals surface area contributed by atoms with Crippen molar-refractivity contribution in [3.63, 3.8) is 0 Å². The van der Waals surface area contributed by atoms with Crippen molar-refractivity contribution in [3.05, 3.63) is 29.6 Å². The molecule has 0 radical (unpaired) electrons. The van der Waals surface area contributed by atoms with Gasteiger partial charge in [0.05, 0.1) is 6.42 Å². The quantitative estimate of drug-likeness (QED) is 0.742. The number of aliphatic carboxylic acids is 1. The fourth-order valence-corrected chi connectivity index (χ4v) is 2.22. The molecule has 0 aliphatic heterocycles. The Morgan fingerprint density at radius 1 is 1.53 bits per heavy atom. The first kappa shape index (κ1) is 15.5. The van der Waals surface area contributed by atoms with Crippen molar-refractivity contribution in [2.24, 2.45) is 0 Å². The topological polar surface area (TPSA) is 99.6 Å². The number of pyridine rings is 1. The summed E-state index contributed by atoms with van der Waals surface area (Å²) in [4.78, 5) is 14.3. The maximum absolute atomic E-state index is 11.8. The predicted octanol–water partition coefficient (Wildman–Crippen LogP) is 0.131. The predicted molar refractivity (Wildman–Crippen MR) is 69.6 cm³/mol. The van der Waals surface area contributed by atoms with Gasteiger partial charge < -0.3 is 5.11 Å². The monoisotopic (exact) mass is 287 g/mol. The maximum Gasteiger partial charge on any atom is 0.304 e. The van der Waals surface area contributed by atoms with Crippen molar-refractivity contribution < 1.29 is 18.3 Å². The molecule has 0 amide bonds. The molecule has 106 valence electrons. The Kier molecular flexibility index (Phi) is 5.40. The number of aromatic nitrogens is 1. The van der Waals surface area contributed by atoms with E-state index in [2.05, 4.69) is 9.71 Å². The van der Waals surface area contributed by atoms with Crippen LogP contribution < -0.4 is 4.72 Å². The van der Waals surface area contributed by atoms with Crippen molar-refractivity contribution >= 4 is 16.2 Å². The van der Waals surface area contributed by atoms with Gasteiger partial charge in [-0.3, -0.25) is 9.78 Å². The van der Waals surface area contributed by atoms with Crippen LogP contribution in [-0.4, -0.2) is 42.4 Å². The van der Waals surface area contributed by atoms with Crippen LogP contribution in [0.1, 0.15) is 17.5 Å². The molecule has 0 bridgehead atoms. The van der Waals surface area contributed by atoms with Gasteiger partial charge in [-0.15, -0.1) is 0 Å². The summed E-state index contributed by atoms with van der Waals surface area (Å²) >= 11 is 0. The molecule has 1 aromatic rings. The normalized spacial score (nSPS) is 11.7. The molecule has 0 spiro atoms. The molecule has 8 heteroatoms. The summed E-state index contributed by atoms with van der Waals surface area (Å²) in [5.74, 6) is -1.04. The van der Waals surface area contributed by atoms with Crippen LogP contribution in [0.3, 0.4) is 0 Å². The molecule has 1 aromatic heterocycles. The van der Waals surface area contributed by atoms with E-state index in [9.17, 15) is 13.2 Å². The van der Waals surface area contributed by atoms with E-state index < -0.39 is 16.2 Å². The summed E-state index contributed by atoms with van der Waals surface area (Å²) in [5.41, 5.74) is 1.71. The molecule has 0 saturated carbocycles. The molecule has 0 aliphatic rings. The molecule has 0 unspecified atom stereocenters. The summed E-state index contributed by atoms with van der Waals surface area (Å²) in [7, 11) is -2.34. The number of hydrogen-bond acceptors (Lipinski definition) is 4. The number of carboxylic acid groups (broad SMARTS) is 1. The fraction of sp³-hybridized carbons (Fsp3) is 0.455. The van der Waals surface area contributed by atoms with E-state index in [1.54, 1.807) is 18.5 Å². The van der Waals surface area contributed by atoms with E-state index in [-0.39, 0.29) is 19.5 Å². The third-order valence-electron chi connectivity index (χ3n) is 2.64. The Labute approximate surface area is 112 Å². The van der Waals surface area contributed by atoms with Crippen LogP contribution in [0.25, 0.3) is 0 Å². The standard InChI is InChI=1S/C11H17N3O4S/c1-9-3-5-12-7-10(9)8-13-19(17,18)14(2)6-4-11(15)16/h3,5,7,13H,4,6,8H2,1-2H3,(H,15,16). The second-order valence-electron chi connectivity index (χ2n) is 4.09. The minimum Gasteiger partial charge on any atom is -0.481 e. The Morgan fingerprint density at radius 3 is 2.79 bits per heavy atom. The van der Waals surface area contributed by atoms with Crippen LogP contribution in [0, 0.1) is 6.92 Å². The number of aryl methyl sites for hydroxylation is 1. The summed E-state index contributed by atoms with van der Waals surface area (Å²) in [6.45, 7) is 1.91. The largest absolute Gasteiger partial charge is 0.481 e. The van der Waals surface area contributed by atoms with E-state index in [4.69, 9.17) is 5.11 Å². The second-order valence-corrected chi connectivity index (χ2v) is 5.96. The fourth-order valence-electron chi connectivity index (χ4n) is 1.33. The number of nitrogens with one attached hydrogen (secondary N) is 1. The third-order valence-corrected chi connectivity index (χ3v) is 4.16. The van der Waals surface area contributed by atoms with Crippen LogP contribution in [0.2, 0.25) is 0 Å². The molecule has 0 fully saturated rings. The lowest BCUT2D eigenvalue weighted by molar-refractivity contribution is -0.137. The van der Waals surface area contributed by atoms with Gasteiger partial charge in [0.1, 0.15) is 0 Å². The maximum atomic E-state index is 11.8. The van der Waals surface area contributed by atoms with Gasteiger partial charge in [0, 0.05) is 32.5 Å². The zero-order valence-electron chi connectivity index (χ0n) is 10.8. The van der Waals surface area contributed by atoms with Crippen LogP contribution >= 0.6 is 0 Å². The minimum atomic E-state index is -3.68. The van der Waals surface area contributed by atoms with Crippen LogP contribution in [0.5, 0.6) is 0 Å². The number of carboxylic acids is 1. The van der Waals surface area contributed by atoms with Crippen molar-refractivity contribution in [1.29, 1.82) is 0 Å². The molecule has 1 rings (SSSR count). The lowest BCUT2D eigenvalue weighted by atomic mass is 10.2. The SMILES string of the molecule is Cc1ccncc1CNS(=O)(=O)N(C)CCC(=O)O. The number of carbonyl (C=O) groups is 1. The summed E-state index contributed by atoms with van der Waals surface area (Å²) < 4.78 is 27.0. The number of rotatable bonds is 7. The molecular formula is C11H17N3O4S. The van der Waals surface area contributed by atoms with Crippen molar-refractivity contribution in [3.8, 4) is 0 Å². The summed E-state index contributed by atoms with van der Waals surface area (Å²) in [6.07, 6.45) is 2.99. The zero-order valence-corrected chi connectivity index (χ0v) is 11.6. The minimum absolute atomic E-state index is 0.0727. The molecule has 19 heavy (non-hydrogen) atoms. The highest BCUT2D eigenvalue weighted by Crippen LogP contribution is 2.05. The van der Waals surface area contributed by atoms with Gasteiger partial charge in [-0.2, -0.15) is 17.4 Å². The van der Waals surface area contributed by atoms with Gasteiger partial charge in [-0.25, -0.2) is 0 Å². The van der Waals surface area contributed by atoms with Gasteiger partial charge >= 0.3 is 5.97 Å². The highest BCUT2D eigenvalue weighted by Gasteiger charge is 2.18. The Bertz CT molecular complexity index is 545. The first-order valence-electron chi connectivity index (χ1n) is 5.65. The molecular weight excluding hydrogens is 270 g/mol. The Morgan fingerprint density at radius 2 is 2.21 bits per heavy atom. The van der Waals surface area contributed by atoms with E-state index in [1.807, 2.05) is 6.92 Å². The van der Waals surface area contributed by atoms with E-state index >= 15 is 0 Å². The number of nitrogens with zero attached hydrogens (tertiary/aromatic N) is 2. The molecule has 1 heterocycles. The van der Waals surface area contributed by atoms with Crippen molar-refractivity contribution in [1.82, 2.24) is 14.0 Å². The average molecular weight is 287 g/mol. The van der Waals surface area contributed by atoms with E-state index in [0.717, 1.165) is 15.4 Å². The second kappa shape index (κ2) is 6.60. The van der Waals surface area contributed by atoms with Crippen LogP contribution in [0.15, 0.2) is 18.5 Å². The van der Waals surface area contributed by atoms with Crippen LogP contribution in [0.4, 0.5) is 0 Å². The van der Waals surface area contributed by atoms with E-state index in [0.29, 0.717) is 0 Å². The number of hydrogen-bond donors (Lipinski definition) is 2. The molecule has 0 atom stereocenters. The first-order chi connectivity index (χ1) is 8.83. The average Bonchev–Trinajstić information content (AvgIpc) is 2.34. The molecule has 7 nitrogen and oxygen atoms in total.